The van der Waals surface area contributed by atoms with Gasteiger partial charge in [-0.2, -0.15) is 0 Å². The lowest BCUT2D eigenvalue weighted by atomic mass is 9.85. The lowest BCUT2D eigenvalue weighted by Crippen LogP contribution is -2.64. The van der Waals surface area contributed by atoms with E-state index in [9.17, 15) is 25.5 Å². The van der Waals surface area contributed by atoms with Gasteiger partial charge in [-0.15, -0.1) is 0 Å². The molecule has 0 aliphatic heterocycles. The summed E-state index contributed by atoms with van der Waals surface area (Å²) in [6.07, 6.45) is -5.68. The van der Waals surface area contributed by atoms with Crippen molar-refractivity contribution in [2.75, 3.05) is 6.61 Å². The largest absolute Gasteiger partial charge is 0.387 e. The molecule has 1 fully saturated rings. The van der Waals surface area contributed by atoms with Gasteiger partial charge in [0.2, 0.25) is 0 Å². The van der Waals surface area contributed by atoms with Crippen molar-refractivity contribution < 1.29 is 30.3 Å². The minimum Gasteiger partial charge on any atom is -0.387 e. The van der Waals surface area contributed by atoms with Crippen molar-refractivity contribution >= 4 is 0 Å². The Bertz CT molecular complexity index is 208. The maximum Gasteiger partial charge on any atom is 0.114 e. The van der Waals surface area contributed by atoms with Crippen LogP contribution in [0.5, 0.6) is 0 Å². The fourth-order valence-electron chi connectivity index (χ4n) is 1.97. The van der Waals surface area contributed by atoms with E-state index in [1.807, 2.05) is 6.92 Å². The van der Waals surface area contributed by atoms with Crippen LogP contribution >= 0.6 is 0 Å². The molecular weight excluding hydrogens is 228 g/mol. The van der Waals surface area contributed by atoms with Crippen molar-refractivity contribution in [3.63, 3.8) is 0 Å². The molecule has 0 heterocycles. The molecule has 0 amide bonds. The fourth-order valence-corrected chi connectivity index (χ4v) is 1.97. The van der Waals surface area contributed by atoms with Gasteiger partial charge in [0, 0.05) is 6.61 Å². The third kappa shape index (κ3) is 3.37. The number of hydrogen-bond acceptors (Lipinski definition) is 6. The summed E-state index contributed by atoms with van der Waals surface area (Å²) in [6.45, 7) is 2.37. The first-order chi connectivity index (χ1) is 8.00. The molecule has 0 aromatic rings. The normalized spacial score (nSPS) is 42.7. The second kappa shape index (κ2) is 6.63. The zero-order valence-electron chi connectivity index (χ0n) is 9.94. The van der Waals surface area contributed by atoms with Crippen molar-refractivity contribution in [1.82, 2.24) is 0 Å². The van der Waals surface area contributed by atoms with E-state index in [-0.39, 0.29) is 0 Å². The quantitative estimate of drug-likeness (QED) is 0.375. The molecule has 0 saturated heterocycles. The summed E-state index contributed by atoms with van der Waals surface area (Å²) in [4.78, 5) is 0. The van der Waals surface area contributed by atoms with Gasteiger partial charge in [0.1, 0.15) is 36.6 Å². The molecule has 2 unspecified atom stereocenters. The van der Waals surface area contributed by atoms with Crippen molar-refractivity contribution in [1.29, 1.82) is 0 Å². The number of rotatable bonds is 5. The Labute approximate surface area is 100 Å². The Hall–Kier alpha value is -0.240. The molecular formula is C11H22O6. The van der Waals surface area contributed by atoms with Crippen LogP contribution in [0.3, 0.4) is 0 Å². The van der Waals surface area contributed by atoms with Gasteiger partial charge >= 0.3 is 0 Å². The molecule has 0 aromatic carbocycles. The van der Waals surface area contributed by atoms with Gasteiger partial charge in [-0.25, -0.2) is 0 Å². The SMILES string of the molecule is CCCCCOC1[C@@H](O)[C@H](O)C(O)[C@H](O)[C@@H]1O. The summed E-state index contributed by atoms with van der Waals surface area (Å²) in [6, 6.07) is 0. The van der Waals surface area contributed by atoms with Crippen molar-refractivity contribution in [2.45, 2.75) is 62.8 Å². The maximum absolute atomic E-state index is 9.65. The Kier molecular flexibility index (Phi) is 5.78. The molecule has 1 rings (SSSR count). The average molecular weight is 250 g/mol. The minimum atomic E-state index is -1.56. The van der Waals surface area contributed by atoms with Crippen LogP contribution in [0.25, 0.3) is 0 Å². The van der Waals surface area contributed by atoms with Crippen molar-refractivity contribution in [3.05, 3.63) is 0 Å². The standard InChI is InChI=1S/C11H22O6/c1-2-3-4-5-17-11-9(15)7(13)6(12)8(14)10(11)16/h6-16H,2-5H2,1H3/t6?,7-,8+,9-,10-,11?/m0/s1. The molecule has 5 N–H and O–H groups in total. The van der Waals surface area contributed by atoms with Crippen molar-refractivity contribution in [2.24, 2.45) is 0 Å². The van der Waals surface area contributed by atoms with Crippen LogP contribution in [0.4, 0.5) is 0 Å². The molecule has 17 heavy (non-hydrogen) atoms. The summed E-state index contributed by atoms with van der Waals surface area (Å²) in [5, 5.41) is 47.5. The third-order valence-electron chi connectivity index (χ3n) is 3.13. The van der Waals surface area contributed by atoms with Crippen LogP contribution in [0.1, 0.15) is 26.2 Å². The van der Waals surface area contributed by atoms with Gasteiger partial charge in [0.15, 0.2) is 0 Å². The highest BCUT2D eigenvalue weighted by Crippen LogP contribution is 2.24. The van der Waals surface area contributed by atoms with Gasteiger partial charge in [0.25, 0.3) is 0 Å². The number of unbranched alkanes of at least 4 members (excludes halogenated alkanes) is 2. The summed E-state index contributed by atoms with van der Waals surface area (Å²) in [5.41, 5.74) is 0. The Morgan fingerprint density at radius 1 is 0.765 bits per heavy atom. The Balaban J connectivity index is 2.51. The zero-order valence-corrected chi connectivity index (χ0v) is 9.94. The number of ether oxygens (including phenoxy) is 1. The summed E-state index contributed by atoms with van der Waals surface area (Å²) < 4.78 is 5.27. The third-order valence-corrected chi connectivity index (χ3v) is 3.13. The van der Waals surface area contributed by atoms with Gasteiger partial charge in [-0.3, -0.25) is 0 Å². The first-order valence-corrected chi connectivity index (χ1v) is 6.02. The average Bonchev–Trinajstić information content (AvgIpc) is 2.33. The predicted molar refractivity (Wildman–Crippen MR) is 59.3 cm³/mol. The summed E-state index contributed by atoms with van der Waals surface area (Å²) >= 11 is 0. The minimum absolute atomic E-state index is 0.335. The Morgan fingerprint density at radius 2 is 1.24 bits per heavy atom. The lowest BCUT2D eigenvalue weighted by molar-refractivity contribution is -0.235. The topological polar surface area (TPSA) is 110 Å². The van der Waals surface area contributed by atoms with Crippen molar-refractivity contribution in [3.8, 4) is 0 Å². The molecule has 1 saturated carbocycles. The monoisotopic (exact) mass is 250 g/mol. The van der Waals surface area contributed by atoms with Gasteiger partial charge in [-0.05, 0) is 6.42 Å². The highest BCUT2D eigenvalue weighted by molar-refractivity contribution is 4.99. The van der Waals surface area contributed by atoms with E-state index in [0.717, 1.165) is 19.3 Å². The van der Waals surface area contributed by atoms with Crippen LogP contribution in [0.2, 0.25) is 0 Å². The molecule has 0 spiro atoms. The van der Waals surface area contributed by atoms with E-state index >= 15 is 0 Å². The molecule has 6 heteroatoms. The molecule has 6 atom stereocenters. The number of aliphatic hydroxyl groups excluding tert-OH is 5. The first-order valence-electron chi connectivity index (χ1n) is 6.02. The summed E-state index contributed by atoms with van der Waals surface area (Å²) in [7, 11) is 0. The number of aliphatic hydroxyl groups is 5. The smallest absolute Gasteiger partial charge is 0.114 e. The van der Waals surface area contributed by atoms with Gasteiger partial charge < -0.3 is 30.3 Å². The van der Waals surface area contributed by atoms with E-state index < -0.39 is 36.6 Å². The van der Waals surface area contributed by atoms with E-state index in [0.29, 0.717) is 6.61 Å². The van der Waals surface area contributed by atoms with E-state index in [4.69, 9.17) is 4.74 Å². The fraction of sp³-hybridized carbons (Fsp3) is 1.00. The van der Waals surface area contributed by atoms with Crippen LogP contribution in [0.15, 0.2) is 0 Å². The lowest BCUT2D eigenvalue weighted by Gasteiger charge is -2.41. The molecule has 0 radical (unpaired) electrons. The molecule has 0 aromatic heterocycles. The van der Waals surface area contributed by atoms with E-state index in [1.54, 1.807) is 0 Å². The Morgan fingerprint density at radius 3 is 1.71 bits per heavy atom. The van der Waals surface area contributed by atoms with Crippen LogP contribution < -0.4 is 0 Å². The molecule has 1 aliphatic rings. The van der Waals surface area contributed by atoms with Crippen LogP contribution in [0, 0.1) is 0 Å². The molecule has 1 aliphatic carbocycles. The highest BCUT2D eigenvalue weighted by Gasteiger charge is 2.48. The van der Waals surface area contributed by atoms with E-state index in [1.165, 1.54) is 0 Å². The molecule has 0 bridgehead atoms. The van der Waals surface area contributed by atoms with Crippen LogP contribution in [-0.4, -0.2) is 68.8 Å². The second-order valence-corrected chi connectivity index (χ2v) is 4.50. The van der Waals surface area contributed by atoms with Crippen LogP contribution in [-0.2, 0) is 4.74 Å². The molecule has 102 valence electrons. The maximum atomic E-state index is 9.65. The number of hydrogen-bond donors (Lipinski definition) is 5. The zero-order chi connectivity index (χ0) is 13.0. The molecule has 6 nitrogen and oxygen atoms in total. The second-order valence-electron chi connectivity index (χ2n) is 4.50. The van der Waals surface area contributed by atoms with Gasteiger partial charge in [-0.1, -0.05) is 19.8 Å². The predicted octanol–water partition coefficient (Wildman–Crippen LogP) is -1.62. The van der Waals surface area contributed by atoms with E-state index in [2.05, 4.69) is 0 Å². The van der Waals surface area contributed by atoms with Gasteiger partial charge in [0.05, 0.1) is 0 Å². The highest BCUT2D eigenvalue weighted by atomic mass is 16.5. The summed E-state index contributed by atoms with van der Waals surface area (Å²) in [5.74, 6) is 0. The first kappa shape index (κ1) is 14.8.